The van der Waals surface area contributed by atoms with Gasteiger partial charge in [0.05, 0.1) is 0 Å². The van der Waals surface area contributed by atoms with Gasteiger partial charge in [0.15, 0.2) is 0 Å². The number of hydrogen-bond acceptors (Lipinski definition) is 2. The van der Waals surface area contributed by atoms with E-state index < -0.39 is 11.8 Å². The third-order valence-electron chi connectivity index (χ3n) is 0.124. The van der Waals surface area contributed by atoms with Crippen molar-refractivity contribution >= 4 is 16.8 Å². The van der Waals surface area contributed by atoms with Gasteiger partial charge in [-0.2, -0.15) is 0 Å². The van der Waals surface area contributed by atoms with Crippen molar-refractivity contribution in [1.29, 1.82) is 0 Å². The molecule has 0 aromatic rings. The molecule has 0 aromatic carbocycles. The molecule has 1 N–H and O–H groups in total. The molecule has 0 aliphatic carbocycles. The molecule has 0 amide bonds. The fourth-order valence-corrected chi connectivity index (χ4v) is 0. The summed E-state index contributed by atoms with van der Waals surface area (Å²) in [4.78, 5) is 9.33. The Hall–Kier alpha value is 0.634. The predicted molar refractivity (Wildman–Crippen MR) is 17.9 cm³/mol. The SMILES string of the molecule is O=C(Cl)CO.[Ti]. The van der Waals surface area contributed by atoms with Gasteiger partial charge in [0.2, 0.25) is 5.24 Å². The van der Waals surface area contributed by atoms with Crippen LogP contribution in [0.2, 0.25) is 0 Å². The Labute approximate surface area is 55.4 Å². The van der Waals surface area contributed by atoms with Crippen LogP contribution in [0.5, 0.6) is 0 Å². The van der Waals surface area contributed by atoms with Crippen LogP contribution in [0.3, 0.4) is 0 Å². The number of carbonyl (C=O) groups is 1. The molecule has 4 heteroatoms. The summed E-state index contributed by atoms with van der Waals surface area (Å²) < 4.78 is 0. The minimum absolute atomic E-state index is 0. The number of carbonyl (C=O) groups excluding carboxylic acids is 1. The largest absolute Gasteiger partial charge is 0.387 e. The van der Waals surface area contributed by atoms with Crippen molar-refractivity contribution in [1.82, 2.24) is 0 Å². The van der Waals surface area contributed by atoms with Gasteiger partial charge >= 0.3 is 0 Å². The standard InChI is InChI=1S/C2H3ClO2.Ti/c3-2(5)1-4;/h4H,1H2;. The van der Waals surface area contributed by atoms with Gasteiger partial charge in [-0.25, -0.2) is 0 Å². The third kappa shape index (κ3) is 8.82. The van der Waals surface area contributed by atoms with Crippen LogP contribution in [0.25, 0.3) is 0 Å². The average molecular weight is 142 g/mol. The Kier molecular flexibility index (Phi) is 9.21. The fourth-order valence-electron chi connectivity index (χ4n) is 0. The first-order valence-corrected chi connectivity index (χ1v) is 1.44. The van der Waals surface area contributed by atoms with Gasteiger partial charge in [0.25, 0.3) is 0 Å². The summed E-state index contributed by atoms with van der Waals surface area (Å²) in [5.41, 5.74) is 0. The van der Waals surface area contributed by atoms with Crippen LogP contribution in [0.15, 0.2) is 0 Å². The van der Waals surface area contributed by atoms with Crippen LogP contribution >= 0.6 is 11.6 Å². The Morgan fingerprint density at radius 1 is 1.83 bits per heavy atom. The zero-order valence-electron chi connectivity index (χ0n) is 2.94. The van der Waals surface area contributed by atoms with Crippen molar-refractivity contribution in [2.24, 2.45) is 0 Å². The maximum Gasteiger partial charge on any atom is 0.247 e. The smallest absolute Gasteiger partial charge is 0.247 e. The molecule has 0 radical (unpaired) electrons. The minimum Gasteiger partial charge on any atom is -0.387 e. The van der Waals surface area contributed by atoms with Crippen LogP contribution in [-0.2, 0) is 26.5 Å². The van der Waals surface area contributed by atoms with Crippen molar-refractivity contribution in [2.45, 2.75) is 0 Å². The molecule has 0 fully saturated rings. The second kappa shape index (κ2) is 5.63. The molecule has 0 unspecified atom stereocenters. The van der Waals surface area contributed by atoms with Gasteiger partial charge < -0.3 is 5.11 Å². The molecule has 0 bridgehead atoms. The monoisotopic (exact) mass is 142 g/mol. The van der Waals surface area contributed by atoms with E-state index in [-0.39, 0.29) is 21.7 Å². The van der Waals surface area contributed by atoms with Gasteiger partial charge in [-0.1, -0.05) is 0 Å². The molecule has 0 atom stereocenters. The summed E-state index contributed by atoms with van der Waals surface area (Å²) in [7, 11) is 0. The summed E-state index contributed by atoms with van der Waals surface area (Å²) in [6.45, 7) is -0.568. The Bertz CT molecular complexity index is 46.8. The van der Waals surface area contributed by atoms with Crippen molar-refractivity contribution in [2.75, 3.05) is 6.61 Å². The zero-order chi connectivity index (χ0) is 4.28. The first-order chi connectivity index (χ1) is 2.27. The van der Waals surface area contributed by atoms with E-state index in [1.54, 1.807) is 0 Å². The number of aliphatic hydroxyl groups excluding tert-OH is 1. The molecule has 0 saturated carbocycles. The van der Waals surface area contributed by atoms with Crippen LogP contribution < -0.4 is 0 Å². The molecule has 0 aliphatic heterocycles. The second-order valence-corrected chi connectivity index (χ2v) is 0.935. The topological polar surface area (TPSA) is 37.3 Å². The van der Waals surface area contributed by atoms with Crippen molar-refractivity contribution in [3.8, 4) is 0 Å². The molecule has 0 heterocycles. The van der Waals surface area contributed by atoms with E-state index in [0.717, 1.165) is 0 Å². The molecule has 0 aromatic heterocycles. The normalized spacial score (nSPS) is 6.33. The summed E-state index contributed by atoms with van der Waals surface area (Å²) in [6.07, 6.45) is 0. The van der Waals surface area contributed by atoms with Gasteiger partial charge in [-0.3, -0.25) is 4.79 Å². The maximum absolute atomic E-state index is 9.33. The first kappa shape index (κ1) is 9.81. The van der Waals surface area contributed by atoms with E-state index in [1.165, 1.54) is 0 Å². The van der Waals surface area contributed by atoms with E-state index in [4.69, 9.17) is 5.11 Å². The zero-order valence-corrected chi connectivity index (χ0v) is 5.26. The molecule has 2 nitrogen and oxygen atoms in total. The molecule has 0 saturated heterocycles. The van der Waals surface area contributed by atoms with E-state index in [9.17, 15) is 4.79 Å². The van der Waals surface area contributed by atoms with E-state index in [0.29, 0.717) is 0 Å². The molecule has 0 rings (SSSR count). The summed E-state index contributed by atoms with van der Waals surface area (Å²) in [6, 6.07) is 0. The number of rotatable bonds is 1. The quantitative estimate of drug-likeness (QED) is 0.405. The number of hydrogen-bond donors (Lipinski definition) is 1. The Morgan fingerprint density at radius 3 is 2.00 bits per heavy atom. The maximum atomic E-state index is 9.33. The molecule has 34 valence electrons. The summed E-state index contributed by atoms with van der Waals surface area (Å²) in [5.74, 6) is 0. The van der Waals surface area contributed by atoms with Gasteiger partial charge in [0, 0.05) is 21.7 Å². The second-order valence-electron chi connectivity index (χ2n) is 0.513. The van der Waals surface area contributed by atoms with Crippen LogP contribution in [0.1, 0.15) is 0 Å². The first-order valence-electron chi connectivity index (χ1n) is 1.06. The van der Waals surface area contributed by atoms with Crippen LogP contribution in [-0.4, -0.2) is 17.0 Å². The van der Waals surface area contributed by atoms with Crippen molar-refractivity contribution in [3.63, 3.8) is 0 Å². The van der Waals surface area contributed by atoms with Crippen LogP contribution in [0, 0.1) is 0 Å². The Balaban J connectivity index is 0. The average Bonchev–Trinajstić information content (AvgIpc) is 1.38. The van der Waals surface area contributed by atoms with E-state index >= 15 is 0 Å². The van der Waals surface area contributed by atoms with Gasteiger partial charge in [-0.15, -0.1) is 0 Å². The summed E-state index contributed by atoms with van der Waals surface area (Å²) in [5, 5.41) is 6.94. The van der Waals surface area contributed by atoms with Crippen molar-refractivity contribution in [3.05, 3.63) is 0 Å². The molecule has 0 aliphatic rings. The Morgan fingerprint density at radius 2 is 2.00 bits per heavy atom. The van der Waals surface area contributed by atoms with E-state index in [2.05, 4.69) is 11.6 Å². The predicted octanol–water partition coefficient (Wildman–Crippen LogP) is -0.258. The minimum atomic E-state index is -0.718. The molecule has 6 heavy (non-hydrogen) atoms. The fraction of sp³-hybridized carbons (Fsp3) is 0.500. The molecule has 0 spiro atoms. The van der Waals surface area contributed by atoms with Crippen LogP contribution in [0.4, 0.5) is 0 Å². The molecular weight excluding hydrogens is 139 g/mol. The number of halogens is 1. The van der Waals surface area contributed by atoms with Gasteiger partial charge in [-0.05, 0) is 11.6 Å². The molecular formula is C2H3ClO2Ti. The van der Waals surface area contributed by atoms with Crippen molar-refractivity contribution < 1.29 is 31.6 Å². The van der Waals surface area contributed by atoms with Gasteiger partial charge in [0.1, 0.15) is 6.61 Å². The third-order valence-corrected chi connectivity index (χ3v) is 0.244. The summed E-state index contributed by atoms with van der Waals surface area (Å²) >= 11 is 4.57. The van der Waals surface area contributed by atoms with E-state index in [1.807, 2.05) is 0 Å². The number of aliphatic hydroxyl groups is 1.